The molecule has 1 heterocycles. The molecule has 3 atom stereocenters. The summed E-state index contributed by atoms with van der Waals surface area (Å²) < 4.78 is 34.7. The van der Waals surface area contributed by atoms with Gasteiger partial charge < -0.3 is 4.74 Å². The Kier molecular flexibility index (Phi) is 14.5. The van der Waals surface area contributed by atoms with Crippen molar-refractivity contribution in [3.05, 3.63) is 35.4 Å². The molecule has 1 aliphatic rings. The molecule has 42 heavy (non-hydrogen) atoms. The van der Waals surface area contributed by atoms with E-state index in [0.29, 0.717) is 13.1 Å². The third kappa shape index (κ3) is 9.55. The summed E-state index contributed by atoms with van der Waals surface area (Å²) in [4.78, 5) is 37.2. The zero-order valence-electron chi connectivity index (χ0n) is 26.0. The van der Waals surface area contributed by atoms with Crippen molar-refractivity contribution in [1.82, 2.24) is 9.62 Å². The van der Waals surface area contributed by atoms with Crippen LogP contribution in [0.15, 0.2) is 50.5 Å². The minimum Gasteiger partial charge on any atom is -0.462 e. The molecule has 0 saturated carbocycles. The SMILES string of the molecule is CCCCC(CC)CN(CC(CC)CCCC)S(=O)(=O)c1cccc(N=NC2C(=O)NC(=O)C(C(=O)OCC)=C2C)c1. The largest absolute Gasteiger partial charge is 0.462 e. The van der Waals surface area contributed by atoms with Crippen LogP contribution >= 0.6 is 0 Å². The van der Waals surface area contributed by atoms with Crippen molar-refractivity contribution < 1.29 is 27.5 Å². The van der Waals surface area contributed by atoms with Crippen molar-refractivity contribution in [3.63, 3.8) is 0 Å². The number of carbonyl (C=O) groups is 3. The number of nitrogens with zero attached hydrogens (tertiary/aromatic N) is 3. The van der Waals surface area contributed by atoms with Gasteiger partial charge in [-0.3, -0.25) is 14.9 Å². The van der Waals surface area contributed by atoms with Crippen molar-refractivity contribution in [1.29, 1.82) is 0 Å². The van der Waals surface area contributed by atoms with Crippen LogP contribution in [0.5, 0.6) is 0 Å². The fraction of sp³-hybridized carbons (Fsp3) is 0.645. The summed E-state index contributed by atoms with van der Waals surface area (Å²) in [5, 5.41) is 10.4. The summed E-state index contributed by atoms with van der Waals surface area (Å²) in [6.45, 7) is 12.6. The molecule has 1 aliphatic heterocycles. The molecule has 1 N–H and O–H groups in total. The van der Waals surface area contributed by atoms with Gasteiger partial charge in [-0.05, 0) is 62.3 Å². The molecule has 11 heteroatoms. The van der Waals surface area contributed by atoms with E-state index in [-0.39, 0.29) is 40.2 Å². The first-order valence-corrected chi connectivity index (χ1v) is 16.7. The van der Waals surface area contributed by atoms with Gasteiger partial charge in [0, 0.05) is 13.1 Å². The first kappa shape index (κ1) is 35.3. The lowest BCUT2D eigenvalue weighted by Gasteiger charge is -2.30. The molecule has 10 nitrogen and oxygen atoms in total. The first-order valence-electron chi connectivity index (χ1n) is 15.3. The maximum atomic E-state index is 14.1. The monoisotopic (exact) mass is 604 g/mol. The van der Waals surface area contributed by atoms with Crippen molar-refractivity contribution in [2.75, 3.05) is 19.7 Å². The minimum absolute atomic E-state index is 0.0660. The molecular weight excluding hydrogens is 556 g/mol. The van der Waals surface area contributed by atoms with Gasteiger partial charge in [0.15, 0.2) is 6.04 Å². The molecule has 1 aromatic rings. The second kappa shape index (κ2) is 17.3. The number of azo groups is 1. The van der Waals surface area contributed by atoms with Crippen molar-refractivity contribution >= 4 is 33.5 Å². The Morgan fingerprint density at radius 3 is 2.12 bits per heavy atom. The zero-order valence-corrected chi connectivity index (χ0v) is 26.8. The maximum absolute atomic E-state index is 14.1. The van der Waals surface area contributed by atoms with Crippen molar-refractivity contribution in [2.45, 2.75) is 104 Å². The van der Waals surface area contributed by atoms with E-state index in [1.165, 1.54) is 13.0 Å². The highest BCUT2D eigenvalue weighted by Gasteiger charge is 2.37. The normalized spacial score (nSPS) is 17.5. The van der Waals surface area contributed by atoms with E-state index in [9.17, 15) is 22.8 Å². The number of amides is 2. The Morgan fingerprint density at radius 2 is 1.60 bits per heavy atom. The second-order valence-corrected chi connectivity index (χ2v) is 12.8. The predicted octanol–water partition coefficient (Wildman–Crippen LogP) is 6.10. The van der Waals surface area contributed by atoms with Crippen LogP contribution in [0, 0.1) is 11.8 Å². The standard InChI is InChI=1S/C31H48N4O6S/c1-7-12-15-23(9-3)20-35(21-24(10-4)16-13-8-2)42(39,40)26-18-14-17-25(19-26)33-34-28-22(6)27(31(38)41-11-5)29(36)32-30(28)37/h14,17-19,23-24,28H,7-13,15-16,20-21H2,1-6H3,(H,32,36,37). The van der Waals surface area contributed by atoms with Gasteiger partial charge in [-0.2, -0.15) is 14.5 Å². The van der Waals surface area contributed by atoms with Crippen LogP contribution in [0.2, 0.25) is 0 Å². The molecule has 0 spiro atoms. The third-order valence-electron chi connectivity index (χ3n) is 7.75. The van der Waals surface area contributed by atoms with Crippen LogP contribution in [0.4, 0.5) is 5.69 Å². The highest BCUT2D eigenvalue weighted by atomic mass is 32.2. The molecular formula is C31H48N4O6S. The van der Waals surface area contributed by atoms with E-state index < -0.39 is 33.8 Å². The van der Waals surface area contributed by atoms with Crippen molar-refractivity contribution in [2.24, 2.45) is 22.1 Å². The van der Waals surface area contributed by atoms with E-state index in [1.807, 2.05) is 0 Å². The summed E-state index contributed by atoms with van der Waals surface area (Å²) in [6, 6.07) is 4.96. The third-order valence-corrected chi connectivity index (χ3v) is 9.58. The summed E-state index contributed by atoms with van der Waals surface area (Å²) >= 11 is 0. The number of hydrogen-bond donors (Lipinski definition) is 1. The number of rotatable bonds is 18. The highest BCUT2D eigenvalue weighted by molar-refractivity contribution is 7.89. The van der Waals surface area contributed by atoms with Gasteiger partial charge >= 0.3 is 5.97 Å². The average Bonchev–Trinajstić information content (AvgIpc) is 2.96. The molecule has 0 saturated heterocycles. The quantitative estimate of drug-likeness (QED) is 0.0931. The minimum atomic E-state index is -3.85. The fourth-order valence-electron chi connectivity index (χ4n) is 5.01. The number of ether oxygens (including phenoxy) is 1. The van der Waals surface area contributed by atoms with E-state index in [0.717, 1.165) is 51.4 Å². The molecule has 3 unspecified atom stereocenters. The number of benzene rings is 1. The highest BCUT2D eigenvalue weighted by Crippen LogP contribution is 2.28. The first-order chi connectivity index (χ1) is 20.0. The molecule has 2 rings (SSSR count). The molecule has 2 amide bonds. The van der Waals surface area contributed by atoms with E-state index in [1.54, 1.807) is 29.4 Å². The van der Waals surface area contributed by atoms with E-state index in [2.05, 4.69) is 43.2 Å². The van der Waals surface area contributed by atoms with Crippen LogP contribution in [0.1, 0.15) is 92.9 Å². The van der Waals surface area contributed by atoms with Crippen LogP contribution in [-0.4, -0.2) is 56.2 Å². The van der Waals surface area contributed by atoms with Gasteiger partial charge in [-0.1, -0.05) is 72.3 Å². The zero-order chi connectivity index (χ0) is 31.3. The molecule has 0 aliphatic carbocycles. The maximum Gasteiger partial charge on any atom is 0.343 e. The van der Waals surface area contributed by atoms with Crippen LogP contribution in [0.25, 0.3) is 0 Å². The van der Waals surface area contributed by atoms with Crippen LogP contribution in [-0.2, 0) is 29.1 Å². The number of imide groups is 1. The Balaban J connectivity index is 2.42. The molecule has 1 aromatic carbocycles. The number of esters is 1. The number of hydrogen-bond acceptors (Lipinski definition) is 8. The summed E-state index contributed by atoms with van der Waals surface area (Å²) in [5.74, 6) is -1.88. The van der Waals surface area contributed by atoms with Crippen molar-refractivity contribution in [3.8, 4) is 0 Å². The molecule has 0 aromatic heterocycles. The molecule has 0 radical (unpaired) electrons. The number of sulfonamides is 1. The van der Waals surface area contributed by atoms with Crippen LogP contribution in [0.3, 0.4) is 0 Å². The topological polar surface area (TPSA) is 135 Å². The van der Waals surface area contributed by atoms with E-state index >= 15 is 0 Å². The van der Waals surface area contributed by atoms with Gasteiger partial charge in [0.2, 0.25) is 10.0 Å². The Hall–Kier alpha value is -2.92. The Labute approximate surface area is 251 Å². The number of unbranched alkanes of at least 4 members (excludes halogenated alkanes) is 2. The second-order valence-electron chi connectivity index (χ2n) is 10.9. The van der Waals surface area contributed by atoms with Gasteiger partial charge in [0.1, 0.15) is 5.57 Å². The summed E-state index contributed by atoms with van der Waals surface area (Å²) in [5.41, 5.74) is 0.0769. The van der Waals surface area contributed by atoms with Crippen LogP contribution < -0.4 is 5.32 Å². The molecule has 234 valence electrons. The summed E-state index contributed by atoms with van der Waals surface area (Å²) in [6.07, 6.45) is 8.00. The van der Waals surface area contributed by atoms with Gasteiger partial charge in [0.25, 0.3) is 11.8 Å². The van der Waals surface area contributed by atoms with Gasteiger partial charge in [-0.15, -0.1) is 0 Å². The van der Waals surface area contributed by atoms with Gasteiger partial charge in [-0.25, -0.2) is 13.2 Å². The molecule has 0 bridgehead atoms. The number of carbonyl (C=O) groups excluding carboxylic acids is 3. The predicted molar refractivity (Wildman–Crippen MR) is 163 cm³/mol. The lowest BCUT2D eigenvalue weighted by atomic mass is 9.97. The average molecular weight is 605 g/mol. The number of nitrogens with one attached hydrogen (secondary N) is 1. The smallest absolute Gasteiger partial charge is 0.343 e. The Morgan fingerprint density at radius 1 is 1.00 bits per heavy atom. The Bertz CT molecular complexity index is 1230. The van der Waals surface area contributed by atoms with E-state index in [4.69, 9.17) is 4.74 Å². The lowest BCUT2D eigenvalue weighted by Crippen LogP contribution is -2.46. The van der Waals surface area contributed by atoms with Gasteiger partial charge in [0.05, 0.1) is 17.2 Å². The summed E-state index contributed by atoms with van der Waals surface area (Å²) in [7, 11) is -3.85. The lowest BCUT2D eigenvalue weighted by molar-refractivity contribution is -0.141. The fourth-order valence-corrected chi connectivity index (χ4v) is 6.64. The molecule has 0 fully saturated rings.